The molecule has 0 saturated carbocycles. The van der Waals surface area contributed by atoms with Crippen LogP contribution in [0.1, 0.15) is 20.0 Å². The van der Waals surface area contributed by atoms with Crippen molar-refractivity contribution in [2.75, 3.05) is 23.5 Å². The molecule has 0 aliphatic heterocycles. The second-order valence-corrected chi connectivity index (χ2v) is 7.83. The van der Waals surface area contributed by atoms with E-state index >= 15 is 0 Å². The van der Waals surface area contributed by atoms with Crippen LogP contribution < -0.4 is 10.6 Å². The lowest BCUT2D eigenvalue weighted by atomic mass is 10.2. The predicted octanol–water partition coefficient (Wildman–Crippen LogP) is 4.52. The maximum Gasteiger partial charge on any atom is 0.339 e. The van der Waals surface area contributed by atoms with Crippen LogP contribution in [0.3, 0.4) is 0 Å². The van der Waals surface area contributed by atoms with E-state index in [0.717, 1.165) is 4.90 Å². The summed E-state index contributed by atoms with van der Waals surface area (Å²) < 4.78 is 4.73. The zero-order chi connectivity index (χ0) is 20.6. The molecule has 0 radical (unpaired) electrons. The van der Waals surface area contributed by atoms with E-state index in [1.54, 1.807) is 36.4 Å². The quantitative estimate of drug-likeness (QED) is 0.429. The highest BCUT2D eigenvalue weighted by Gasteiger charge is 2.13. The van der Waals surface area contributed by atoms with E-state index in [4.69, 9.17) is 4.74 Å². The first-order valence-corrected chi connectivity index (χ1v) is 10.5. The summed E-state index contributed by atoms with van der Waals surface area (Å²) in [6.07, 6.45) is 0. The maximum absolute atomic E-state index is 12.3. The van der Waals surface area contributed by atoms with Crippen molar-refractivity contribution in [3.05, 3.63) is 76.5 Å². The van der Waals surface area contributed by atoms with Gasteiger partial charge in [0.15, 0.2) is 0 Å². The molecule has 0 fully saturated rings. The molecule has 0 aliphatic rings. The number of nitrogens with one attached hydrogen (secondary N) is 2. The van der Waals surface area contributed by atoms with Crippen molar-refractivity contribution < 1.29 is 19.1 Å². The van der Waals surface area contributed by atoms with Crippen LogP contribution in [0, 0.1) is 0 Å². The molecule has 3 aromatic rings. The molecule has 1 aromatic heterocycles. The van der Waals surface area contributed by atoms with Gasteiger partial charge >= 0.3 is 5.97 Å². The topological polar surface area (TPSA) is 84.5 Å². The summed E-state index contributed by atoms with van der Waals surface area (Å²) in [6, 6.07) is 17.5. The largest absolute Gasteiger partial charge is 0.465 e. The number of amides is 2. The summed E-state index contributed by atoms with van der Waals surface area (Å²) >= 11 is 2.70. The number of anilines is 2. The van der Waals surface area contributed by atoms with Crippen LogP contribution in [0.5, 0.6) is 0 Å². The third kappa shape index (κ3) is 5.69. The molecule has 0 unspecified atom stereocenters. The number of rotatable bonds is 7. The lowest BCUT2D eigenvalue weighted by molar-refractivity contribution is -0.113. The van der Waals surface area contributed by atoms with E-state index in [-0.39, 0.29) is 17.6 Å². The van der Waals surface area contributed by atoms with Gasteiger partial charge in [-0.25, -0.2) is 4.79 Å². The highest BCUT2D eigenvalue weighted by atomic mass is 32.2. The molecular weight excluding hydrogens is 408 g/mol. The Morgan fingerprint density at radius 3 is 2.59 bits per heavy atom. The minimum absolute atomic E-state index is 0.151. The number of esters is 1. The van der Waals surface area contributed by atoms with Gasteiger partial charge in [-0.3, -0.25) is 9.59 Å². The predicted molar refractivity (Wildman–Crippen MR) is 116 cm³/mol. The monoisotopic (exact) mass is 426 g/mol. The Hall–Kier alpha value is -3.10. The first-order chi connectivity index (χ1) is 14.1. The van der Waals surface area contributed by atoms with E-state index in [2.05, 4.69) is 10.6 Å². The molecule has 2 amide bonds. The van der Waals surface area contributed by atoms with E-state index in [1.807, 2.05) is 29.6 Å². The van der Waals surface area contributed by atoms with Crippen molar-refractivity contribution >= 4 is 52.3 Å². The van der Waals surface area contributed by atoms with Crippen LogP contribution in [-0.4, -0.2) is 30.6 Å². The first kappa shape index (κ1) is 20.6. The van der Waals surface area contributed by atoms with Crippen LogP contribution in [0.4, 0.5) is 11.4 Å². The molecule has 29 heavy (non-hydrogen) atoms. The van der Waals surface area contributed by atoms with Crippen molar-refractivity contribution in [2.45, 2.75) is 4.90 Å². The van der Waals surface area contributed by atoms with E-state index in [9.17, 15) is 14.4 Å². The summed E-state index contributed by atoms with van der Waals surface area (Å²) in [5.41, 5.74) is 1.36. The molecule has 2 aromatic carbocycles. The number of carbonyl (C=O) groups is 3. The molecule has 6 nitrogen and oxygen atoms in total. The third-order valence-electron chi connectivity index (χ3n) is 3.81. The van der Waals surface area contributed by atoms with E-state index < -0.39 is 5.97 Å². The second-order valence-electron chi connectivity index (χ2n) is 5.83. The van der Waals surface area contributed by atoms with Gasteiger partial charge in [0.1, 0.15) is 0 Å². The minimum atomic E-state index is -0.511. The third-order valence-corrected chi connectivity index (χ3v) is 5.68. The molecule has 0 aliphatic carbocycles. The van der Waals surface area contributed by atoms with Crippen LogP contribution in [0.2, 0.25) is 0 Å². The average Bonchev–Trinajstić information content (AvgIpc) is 3.27. The highest BCUT2D eigenvalue weighted by Crippen LogP contribution is 2.23. The van der Waals surface area contributed by atoms with Gasteiger partial charge in [-0.2, -0.15) is 0 Å². The van der Waals surface area contributed by atoms with Crippen LogP contribution in [0.25, 0.3) is 0 Å². The summed E-state index contributed by atoms with van der Waals surface area (Å²) in [5, 5.41) is 7.42. The van der Waals surface area contributed by atoms with Gasteiger partial charge in [-0.1, -0.05) is 24.3 Å². The van der Waals surface area contributed by atoms with Gasteiger partial charge in [0.25, 0.3) is 5.91 Å². The minimum Gasteiger partial charge on any atom is -0.465 e. The molecule has 148 valence electrons. The highest BCUT2D eigenvalue weighted by molar-refractivity contribution is 8.00. The number of para-hydroxylation sites is 1. The van der Waals surface area contributed by atoms with Gasteiger partial charge in [-0.05, 0) is 41.8 Å². The maximum atomic E-state index is 12.3. The van der Waals surface area contributed by atoms with Crippen LogP contribution in [-0.2, 0) is 9.53 Å². The fourth-order valence-corrected chi connectivity index (χ4v) is 3.85. The average molecular weight is 427 g/mol. The number of hydrogen-bond acceptors (Lipinski definition) is 6. The summed E-state index contributed by atoms with van der Waals surface area (Å²) in [5.74, 6) is -0.779. The summed E-state index contributed by atoms with van der Waals surface area (Å²) in [4.78, 5) is 37.7. The summed E-state index contributed by atoms with van der Waals surface area (Å²) in [7, 11) is 1.29. The number of ether oxygens (including phenoxy) is 1. The Balaban J connectivity index is 1.58. The molecule has 2 N–H and O–H groups in total. The number of methoxy groups -OCH3 is 1. The number of thioether (sulfide) groups is 1. The smallest absolute Gasteiger partial charge is 0.339 e. The second kappa shape index (κ2) is 9.90. The van der Waals surface area contributed by atoms with Gasteiger partial charge < -0.3 is 15.4 Å². The SMILES string of the molecule is COC(=O)c1ccccc1NC(=O)CSc1cccc(NC(=O)c2cccs2)c1. The van der Waals surface area contributed by atoms with Crippen LogP contribution in [0.15, 0.2) is 70.9 Å². The van der Waals surface area contributed by atoms with Crippen molar-refractivity contribution in [1.29, 1.82) is 0 Å². The molecule has 0 bridgehead atoms. The standard InChI is InChI=1S/C21H18N2O4S2/c1-27-21(26)16-8-2-3-9-17(16)23-19(24)13-29-15-7-4-6-14(12-15)22-20(25)18-10-5-11-28-18/h2-12H,13H2,1H3,(H,22,25)(H,23,24). The molecule has 1 heterocycles. The molecule has 8 heteroatoms. The number of thiophene rings is 1. The fourth-order valence-electron chi connectivity index (χ4n) is 2.48. The molecular formula is C21H18N2O4S2. The Morgan fingerprint density at radius 1 is 1.00 bits per heavy atom. The van der Waals surface area contributed by atoms with E-state index in [1.165, 1.54) is 30.2 Å². The first-order valence-electron chi connectivity index (χ1n) is 8.61. The number of hydrogen-bond donors (Lipinski definition) is 2. The Morgan fingerprint density at radius 2 is 1.83 bits per heavy atom. The molecule has 3 rings (SSSR count). The molecule has 0 saturated heterocycles. The Labute approximate surface area is 176 Å². The van der Waals surface area contributed by atoms with Crippen molar-refractivity contribution in [2.24, 2.45) is 0 Å². The van der Waals surface area contributed by atoms with Gasteiger partial charge in [0.05, 0.1) is 29.0 Å². The molecule has 0 spiro atoms. The molecule has 0 atom stereocenters. The zero-order valence-corrected chi connectivity index (χ0v) is 17.1. The Kier molecular flexibility index (Phi) is 7.04. The lowest BCUT2D eigenvalue weighted by Gasteiger charge is -2.10. The van der Waals surface area contributed by atoms with Gasteiger partial charge in [0, 0.05) is 10.6 Å². The van der Waals surface area contributed by atoms with Crippen molar-refractivity contribution in [3.8, 4) is 0 Å². The van der Waals surface area contributed by atoms with Gasteiger partial charge in [0.2, 0.25) is 5.91 Å². The van der Waals surface area contributed by atoms with Crippen molar-refractivity contribution in [3.63, 3.8) is 0 Å². The zero-order valence-electron chi connectivity index (χ0n) is 15.5. The summed E-state index contributed by atoms with van der Waals surface area (Å²) in [6.45, 7) is 0. The number of benzene rings is 2. The Bertz CT molecular complexity index is 1020. The fraction of sp³-hybridized carbons (Fsp3) is 0.0952. The number of carbonyl (C=O) groups excluding carboxylic acids is 3. The normalized spacial score (nSPS) is 10.2. The van der Waals surface area contributed by atoms with Crippen molar-refractivity contribution in [1.82, 2.24) is 0 Å². The van der Waals surface area contributed by atoms with Gasteiger partial charge in [-0.15, -0.1) is 23.1 Å². The lowest BCUT2D eigenvalue weighted by Crippen LogP contribution is -2.17. The van der Waals surface area contributed by atoms with E-state index in [0.29, 0.717) is 21.8 Å². The van der Waals surface area contributed by atoms with Crippen LogP contribution >= 0.6 is 23.1 Å².